The van der Waals surface area contributed by atoms with Crippen molar-refractivity contribution < 1.29 is 14.3 Å². The first kappa shape index (κ1) is 15.4. The number of thiophene rings is 1. The van der Waals surface area contributed by atoms with Gasteiger partial charge in [-0.25, -0.2) is 0 Å². The first-order valence-corrected chi connectivity index (χ1v) is 7.39. The zero-order valence-corrected chi connectivity index (χ0v) is 13.1. The van der Waals surface area contributed by atoms with Crippen LogP contribution in [0.25, 0.3) is 6.08 Å². The fraction of sp³-hybridized carbons (Fsp3) is 0.133. The first-order chi connectivity index (χ1) is 10.1. The van der Waals surface area contributed by atoms with Crippen LogP contribution >= 0.6 is 22.9 Å². The molecule has 0 aliphatic carbocycles. The van der Waals surface area contributed by atoms with Crippen molar-refractivity contribution in [3.05, 3.63) is 45.6 Å². The van der Waals surface area contributed by atoms with Crippen molar-refractivity contribution in [2.24, 2.45) is 0 Å². The number of amides is 1. The second-order valence-electron chi connectivity index (χ2n) is 4.07. The Hall–Kier alpha value is -1.98. The van der Waals surface area contributed by atoms with Gasteiger partial charge in [0.25, 0.3) is 0 Å². The van der Waals surface area contributed by atoms with Crippen LogP contribution in [0.1, 0.15) is 5.56 Å². The van der Waals surface area contributed by atoms with Crippen LogP contribution in [0.3, 0.4) is 0 Å². The van der Waals surface area contributed by atoms with Crippen LogP contribution in [0.15, 0.2) is 35.0 Å². The maximum atomic E-state index is 11.9. The summed E-state index contributed by atoms with van der Waals surface area (Å²) in [5.74, 6) is 0.677. The number of nitrogens with one attached hydrogen (secondary N) is 1. The van der Waals surface area contributed by atoms with Crippen LogP contribution in [-0.2, 0) is 4.79 Å². The van der Waals surface area contributed by atoms with E-state index in [0.29, 0.717) is 22.2 Å². The lowest BCUT2D eigenvalue weighted by molar-refractivity contribution is -0.111. The third kappa shape index (κ3) is 4.00. The van der Waals surface area contributed by atoms with Crippen LogP contribution in [0.4, 0.5) is 5.69 Å². The van der Waals surface area contributed by atoms with Crippen molar-refractivity contribution in [1.29, 1.82) is 0 Å². The average Bonchev–Trinajstić information content (AvgIpc) is 2.99. The fourth-order valence-corrected chi connectivity index (χ4v) is 2.53. The maximum Gasteiger partial charge on any atom is 0.248 e. The number of carbonyl (C=O) groups excluding carboxylic acids is 1. The lowest BCUT2D eigenvalue weighted by Crippen LogP contribution is -2.09. The van der Waals surface area contributed by atoms with Crippen LogP contribution in [0.2, 0.25) is 5.02 Å². The Kier molecular flexibility index (Phi) is 5.25. The molecule has 21 heavy (non-hydrogen) atoms. The smallest absolute Gasteiger partial charge is 0.248 e. The number of hydrogen-bond acceptors (Lipinski definition) is 4. The number of benzene rings is 1. The van der Waals surface area contributed by atoms with E-state index in [1.165, 1.54) is 20.3 Å². The van der Waals surface area contributed by atoms with Gasteiger partial charge in [-0.1, -0.05) is 11.6 Å². The predicted octanol–water partition coefficient (Wildman–Crippen LogP) is 4.07. The van der Waals surface area contributed by atoms with Gasteiger partial charge in [0, 0.05) is 18.2 Å². The SMILES string of the molecule is COc1cc(NC(=O)/C=C/c2ccsc2)c(OC)cc1Cl. The van der Waals surface area contributed by atoms with Crippen LogP contribution in [0.5, 0.6) is 11.5 Å². The molecule has 110 valence electrons. The molecular formula is C15H14ClNO3S. The summed E-state index contributed by atoms with van der Waals surface area (Å²) in [5.41, 5.74) is 1.48. The molecule has 0 saturated heterocycles. The molecule has 0 aliphatic heterocycles. The Morgan fingerprint density at radius 2 is 2.05 bits per heavy atom. The van der Waals surface area contributed by atoms with Gasteiger partial charge < -0.3 is 14.8 Å². The van der Waals surface area contributed by atoms with Crippen molar-refractivity contribution in [2.75, 3.05) is 19.5 Å². The molecule has 0 radical (unpaired) electrons. The molecule has 1 amide bonds. The third-order valence-corrected chi connectivity index (χ3v) is 3.70. The number of carbonyl (C=O) groups is 1. The zero-order chi connectivity index (χ0) is 15.2. The largest absolute Gasteiger partial charge is 0.495 e. The van der Waals surface area contributed by atoms with Gasteiger partial charge in [0.1, 0.15) is 11.5 Å². The summed E-state index contributed by atoms with van der Waals surface area (Å²) in [7, 11) is 3.02. The molecule has 6 heteroatoms. The zero-order valence-electron chi connectivity index (χ0n) is 11.6. The summed E-state index contributed by atoms with van der Waals surface area (Å²) >= 11 is 7.59. The van der Waals surface area contributed by atoms with Crippen molar-refractivity contribution in [3.8, 4) is 11.5 Å². The Balaban J connectivity index is 2.16. The molecule has 2 rings (SSSR count). The van der Waals surface area contributed by atoms with E-state index in [2.05, 4.69) is 5.32 Å². The number of anilines is 1. The van der Waals surface area contributed by atoms with E-state index in [-0.39, 0.29) is 5.91 Å². The van der Waals surface area contributed by atoms with Crippen molar-refractivity contribution >= 4 is 40.6 Å². The van der Waals surface area contributed by atoms with Gasteiger partial charge in [-0.15, -0.1) is 0 Å². The van der Waals surface area contributed by atoms with Gasteiger partial charge in [-0.3, -0.25) is 4.79 Å². The molecule has 1 aromatic heterocycles. The molecule has 0 saturated carbocycles. The van der Waals surface area contributed by atoms with Gasteiger partial charge in [0.05, 0.1) is 24.9 Å². The maximum absolute atomic E-state index is 11.9. The minimum Gasteiger partial charge on any atom is -0.495 e. The van der Waals surface area contributed by atoms with Gasteiger partial charge in [0.2, 0.25) is 5.91 Å². The van der Waals surface area contributed by atoms with E-state index >= 15 is 0 Å². The average molecular weight is 324 g/mol. The molecule has 0 atom stereocenters. The molecule has 4 nitrogen and oxygen atoms in total. The third-order valence-electron chi connectivity index (χ3n) is 2.70. The number of ether oxygens (including phenoxy) is 2. The highest BCUT2D eigenvalue weighted by Crippen LogP contribution is 2.35. The Labute approximate surface area is 132 Å². The minimum atomic E-state index is -0.260. The fourth-order valence-electron chi connectivity index (χ4n) is 1.67. The van der Waals surface area contributed by atoms with Crippen molar-refractivity contribution in [2.45, 2.75) is 0 Å². The van der Waals surface area contributed by atoms with Crippen LogP contribution in [0, 0.1) is 0 Å². The van der Waals surface area contributed by atoms with Gasteiger partial charge in [-0.05, 0) is 28.5 Å². The lowest BCUT2D eigenvalue weighted by Gasteiger charge is -2.12. The number of halogens is 1. The first-order valence-electron chi connectivity index (χ1n) is 6.07. The van der Waals surface area contributed by atoms with Gasteiger partial charge in [0.15, 0.2) is 0 Å². The van der Waals surface area contributed by atoms with Crippen molar-refractivity contribution in [3.63, 3.8) is 0 Å². The quantitative estimate of drug-likeness (QED) is 0.844. The molecule has 1 aromatic carbocycles. The summed E-state index contributed by atoms with van der Waals surface area (Å²) in [6.45, 7) is 0. The predicted molar refractivity (Wildman–Crippen MR) is 86.5 cm³/mol. The van der Waals surface area contributed by atoms with Crippen LogP contribution in [-0.4, -0.2) is 20.1 Å². The molecular weight excluding hydrogens is 310 g/mol. The second kappa shape index (κ2) is 7.15. The van der Waals surface area contributed by atoms with E-state index in [4.69, 9.17) is 21.1 Å². The van der Waals surface area contributed by atoms with Gasteiger partial charge in [-0.2, -0.15) is 11.3 Å². The molecule has 2 aromatic rings. The number of rotatable bonds is 5. The highest BCUT2D eigenvalue weighted by atomic mass is 35.5. The molecule has 0 fully saturated rings. The van der Waals surface area contributed by atoms with E-state index in [1.54, 1.807) is 29.5 Å². The second-order valence-corrected chi connectivity index (χ2v) is 5.25. The van der Waals surface area contributed by atoms with E-state index in [1.807, 2.05) is 16.8 Å². The molecule has 0 unspecified atom stereocenters. The number of methoxy groups -OCH3 is 2. The summed E-state index contributed by atoms with van der Waals surface area (Å²) in [5, 5.41) is 7.06. The Morgan fingerprint density at radius 1 is 1.29 bits per heavy atom. The Bertz CT molecular complexity index is 653. The van der Waals surface area contributed by atoms with E-state index < -0.39 is 0 Å². The van der Waals surface area contributed by atoms with E-state index in [0.717, 1.165) is 5.56 Å². The summed E-state index contributed by atoms with van der Waals surface area (Å²) in [4.78, 5) is 11.9. The van der Waals surface area contributed by atoms with Crippen LogP contribution < -0.4 is 14.8 Å². The molecule has 0 bridgehead atoms. The molecule has 0 aliphatic rings. The standard InChI is InChI=1S/C15H14ClNO3S/c1-19-13-8-12(14(20-2)7-11(13)16)17-15(18)4-3-10-5-6-21-9-10/h3-9H,1-2H3,(H,17,18)/b4-3+. The summed E-state index contributed by atoms with van der Waals surface area (Å²) < 4.78 is 10.3. The monoisotopic (exact) mass is 323 g/mol. The molecule has 0 spiro atoms. The summed E-state index contributed by atoms with van der Waals surface area (Å²) in [6.07, 6.45) is 3.20. The van der Waals surface area contributed by atoms with E-state index in [9.17, 15) is 4.79 Å². The lowest BCUT2D eigenvalue weighted by atomic mass is 10.2. The normalized spacial score (nSPS) is 10.6. The molecule has 1 N–H and O–H groups in total. The highest BCUT2D eigenvalue weighted by molar-refractivity contribution is 7.08. The van der Waals surface area contributed by atoms with Gasteiger partial charge >= 0.3 is 0 Å². The minimum absolute atomic E-state index is 0.260. The molecule has 1 heterocycles. The van der Waals surface area contributed by atoms with Crippen molar-refractivity contribution in [1.82, 2.24) is 0 Å². The highest BCUT2D eigenvalue weighted by Gasteiger charge is 2.11. The topological polar surface area (TPSA) is 47.6 Å². The Morgan fingerprint density at radius 3 is 2.67 bits per heavy atom. The summed E-state index contributed by atoms with van der Waals surface area (Å²) in [6, 6.07) is 5.15. The number of hydrogen-bond donors (Lipinski definition) is 1.